The summed E-state index contributed by atoms with van der Waals surface area (Å²) in [5.74, 6) is 0.609. The van der Waals surface area contributed by atoms with Gasteiger partial charge in [0.1, 0.15) is 11.4 Å². The van der Waals surface area contributed by atoms with Gasteiger partial charge in [-0.05, 0) is 44.7 Å². The number of anilines is 2. The molecule has 3 N–H and O–H groups in total. The highest BCUT2D eigenvalue weighted by Gasteiger charge is 2.27. The fourth-order valence-corrected chi connectivity index (χ4v) is 1.70. The first-order valence-electron chi connectivity index (χ1n) is 5.97. The van der Waals surface area contributed by atoms with E-state index in [0.29, 0.717) is 11.5 Å². The number of nitrogens with one attached hydrogen (secondary N) is 1. The van der Waals surface area contributed by atoms with E-state index in [4.69, 9.17) is 10.5 Å². The highest BCUT2D eigenvalue weighted by molar-refractivity contribution is 8.00. The lowest BCUT2D eigenvalue weighted by atomic mass is 10.2. The van der Waals surface area contributed by atoms with E-state index in [9.17, 15) is 13.2 Å². The Morgan fingerprint density at radius 1 is 1.30 bits per heavy atom. The summed E-state index contributed by atoms with van der Waals surface area (Å²) in [7, 11) is 0. The number of alkyl halides is 3. The van der Waals surface area contributed by atoms with Gasteiger partial charge in [-0.15, -0.1) is 0 Å². The van der Waals surface area contributed by atoms with Gasteiger partial charge in [0, 0.05) is 12.3 Å². The van der Waals surface area contributed by atoms with Gasteiger partial charge < -0.3 is 15.8 Å². The van der Waals surface area contributed by atoms with Crippen molar-refractivity contribution in [3.63, 3.8) is 0 Å². The van der Waals surface area contributed by atoms with Crippen LogP contribution in [0, 0.1) is 0 Å². The summed E-state index contributed by atoms with van der Waals surface area (Å²) in [5, 5.41) is 2.80. The predicted molar refractivity (Wildman–Crippen MR) is 76.0 cm³/mol. The van der Waals surface area contributed by atoms with Crippen molar-refractivity contribution in [3.8, 4) is 5.88 Å². The van der Waals surface area contributed by atoms with Gasteiger partial charge in [-0.25, -0.2) is 0 Å². The maximum atomic E-state index is 12.0. The van der Waals surface area contributed by atoms with Gasteiger partial charge >= 0.3 is 5.51 Å². The molecule has 8 heteroatoms. The molecule has 0 saturated carbocycles. The minimum Gasteiger partial charge on any atom is -0.470 e. The van der Waals surface area contributed by atoms with E-state index >= 15 is 0 Å². The van der Waals surface area contributed by atoms with Crippen LogP contribution in [-0.2, 0) is 0 Å². The molecule has 0 spiro atoms. The number of hydrogen-bond donors (Lipinski definition) is 2. The molecule has 0 saturated heterocycles. The van der Waals surface area contributed by atoms with Crippen molar-refractivity contribution in [2.45, 2.75) is 31.9 Å². The third kappa shape index (κ3) is 6.74. The molecule has 0 bridgehead atoms. The number of halogens is 3. The van der Waals surface area contributed by atoms with Crippen molar-refractivity contribution < 1.29 is 17.9 Å². The summed E-state index contributed by atoms with van der Waals surface area (Å²) in [6, 6.07) is 3.20. The Morgan fingerprint density at radius 2 is 1.95 bits per heavy atom. The van der Waals surface area contributed by atoms with Crippen LogP contribution < -0.4 is 15.8 Å². The second-order valence-corrected chi connectivity index (χ2v) is 6.19. The average Bonchev–Trinajstić information content (AvgIpc) is 2.25. The summed E-state index contributed by atoms with van der Waals surface area (Å²) in [6.45, 7) is 5.71. The Labute approximate surface area is 120 Å². The maximum absolute atomic E-state index is 12.0. The van der Waals surface area contributed by atoms with E-state index in [1.54, 1.807) is 12.1 Å². The van der Waals surface area contributed by atoms with Crippen LogP contribution in [0.2, 0.25) is 0 Å². The largest absolute Gasteiger partial charge is 0.470 e. The molecule has 4 nitrogen and oxygen atoms in total. The van der Waals surface area contributed by atoms with E-state index < -0.39 is 11.1 Å². The average molecular weight is 309 g/mol. The Morgan fingerprint density at radius 3 is 2.50 bits per heavy atom. The maximum Gasteiger partial charge on any atom is 0.441 e. The molecule has 0 aliphatic rings. The molecule has 1 rings (SSSR count). The summed E-state index contributed by atoms with van der Waals surface area (Å²) in [4.78, 5) is 4.14. The molecule has 1 heterocycles. The molecule has 0 aromatic carbocycles. The van der Waals surface area contributed by atoms with Crippen LogP contribution in [0.25, 0.3) is 0 Å². The van der Waals surface area contributed by atoms with Crippen LogP contribution in [0.1, 0.15) is 20.8 Å². The standard InChI is InChI=1S/C12H18F3N3OS/c1-11(2,3)19-10-8(16)4-5-9(18-10)17-6-7-20-12(13,14)15/h4-5H,6-7,16H2,1-3H3,(H,17,18). The van der Waals surface area contributed by atoms with Gasteiger partial charge in [0.05, 0.1) is 5.69 Å². The molecule has 1 aromatic heterocycles. The molecule has 0 unspecified atom stereocenters. The van der Waals surface area contributed by atoms with Gasteiger partial charge in [-0.2, -0.15) is 18.2 Å². The van der Waals surface area contributed by atoms with Crippen molar-refractivity contribution in [3.05, 3.63) is 12.1 Å². The van der Waals surface area contributed by atoms with Gasteiger partial charge in [0.15, 0.2) is 0 Å². The van der Waals surface area contributed by atoms with E-state index in [1.165, 1.54) is 0 Å². The lowest BCUT2D eigenvalue weighted by Gasteiger charge is -2.21. The molecule has 20 heavy (non-hydrogen) atoms. The highest BCUT2D eigenvalue weighted by Crippen LogP contribution is 2.30. The number of thioether (sulfide) groups is 1. The van der Waals surface area contributed by atoms with Crippen molar-refractivity contribution in [2.75, 3.05) is 23.3 Å². The third-order valence-electron chi connectivity index (χ3n) is 1.97. The van der Waals surface area contributed by atoms with Crippen LogP contribution in [0.3, 0.4) is 0 Å². The van der Waals surface area contributed by atoms with Crippen molar-refractivity contribution in [2.24, 2.45) is 0 Å². The third-order valence-corrected chi connectivity index (χ3v) is 2.70. The van der Waals surface area contributed by atoms with Crippen molar-refractivity contribution in [1.29, 1.82) is 0 Å². The minimum atomic E-state index is -4.21. The zero-order valence-corrected chi connectivity index (χ0v) is 12.4. The molecule has 114 valence electrons. The smallest absolute Gasteiger partial charge is 0.441 e. The molecular weight excluding hydrogens is 291 g/mol. The first-order valence-corrected chi connectivity index (χ1v) is 6.95. The Bertz CT molecular complexity index is 447. The summed E-state index contributed by atoms with van der Waals surface area (Å²) in [5.41, 5.74) is 1.46. The Hall–Kier alpha value is -1.31. The van der Waals surface area contributed by atoms with Crippen LogP contribution >= 0.6 is 11.8 Å². The fraction of sp³-hybridized carbons (Fsp3) is 0.583. The van der Waals surface area contributed by atoms with Crippen molar-refractivity contribution in [1.82, 2.24) is 4.98 Å². The number of aromatic nitrogens is 1. The zero-order chi connectivity index (χ0) is 15.4. The second-order valence-electron chi connectivity index (χ2n) is 5.03. The fourth-order valence-electron chi connectivity index (χ4n) is 1.27. The molecule has 0 aliphatic heterocycles. The quantitative estimate of drug-likeness (QED) is 0.815. The van der Waals surface area contributed by atoms with E-state index in [0.717, 1.165) is 0 Å². The number of ether oxygens (including phenoxy) is 1. The zero-order valence-electron chi connectivity index (χ0n) is 11.5. The second kappa shape index (κ2) is 6.43. The number of nitrogens with zero attached hydrogens (tertiary/aromatic N) is 1. The highest BCUT2D eigenvalue weighted by atomic mass is 32.2. The normalized spacial score (nSPS) is 12.3. The first kappa shape index (κ1) is 16.7. The predicted octanol–water partition coefficient (Wildman–Crippen LogP) is 3.51. The molecule has 0 fully saturated rings. The van der Waals surface area contributed by atoms with Crippen molar-refractivity contribution >= 4 is 23.3 Å². The Kier molecular flexibility index (Phi) is 5.38. The molecule has 0 atom stereocenters. The number of nitrogen functional groups attached to an aromatic ring is 1. The SMILES string of the molecule is CC(C)(C)Oc1nc(NCCSC(F)(F)F)ccc1N. The van der Waals surface area contributed by atoms with Gasteiger partial charge in [-0.1, -0.05) is 0 Å². The first-order chi connectivity index (χ1) is 9.07. The number of pyridine rings is 1. The van der Waals surface area contributed by atoms with Crippen LogP contribution in [0.4, 0.5) is 24.7 Å². The topological polar surface area (TPSA) is 60.2 Å². The number of nitrogens with two attached hydrogens (primary N) is 1. The van der Waals surface area contributed by atoms with Crippen LogP contribution in [0.5, 0.6) is 5.88 Å². The molecule has 0 amide bonds. The van der Waals surface area contributed by atoms with E-state index in [-0.39, 0.29) is 29.9 Å². The van der Waals surface area contributed by atoms with Gasteiger partial charge in [0.25, 0.3) is 0 Å². The van der Waals surface area contributed by atoms with E-state index in [1.807, 2.05) is 20.8 Å². The van der Waals surface area contributed by atoms with E-state index in [2.05, 4.69) is 10.3 Å². The van der Waals surface area contributed by atoms with Gasteiger partial charge in [0.2, 0.25) is 5.88 Å². The van der Waals surface area contributed by atoms with Crippen LogP contribution in [0.15, 0.2) is 12.1 Å². The summed E-state index contributed by atoms with van der Waals surface area (Å²) >= 11 is -0.0760. The van der Waals surface area contributed by atoms with Crippen LogP contribution in [-0.4, -0.2) is 28.4 Å². The van der Waals surface area contributed by atoms with Gasteiger partial charge in [-0.3, -0.25) is 0 Å². The summed E-state index contributed by atoms with van der Waals surface area (Å²) < 4.78 is 41.5. The molecule has 0 aliphatic carbocycles. The molecule has 0 radical (unpaired) electrons. The Balaban J connectivity index is 2.57. The lowest BCUT2D eigenvalue weighted by Crippen LogP contribution is -2.24. The minimum absolute atomic E-state index is 0.0760. The monoisotopic (exact) mass is 309 g/mol. The number of rotatable bonds is 5. The molecular formula is C12H18F3N3OS. The lowest BCUT2D eigenvalue weighted by molar-refractivity contribution is -0.0327. The summed E-state index contributed by atoms with van der Waals surface area (Å²) in [6.07, 6.45) is 0. The molecule has 1 aromatic rings. The number of hydrogen-bond acceptors (Lipinski definition) is 5.